The van der Waals surface area contributed by atoms with E-state index in [2.05, 4.69) is 45.1 Å². The molecule has 6 nitrogen and oxygen atoms in total. The maximum absolute atomic E-state index is 12.9. The molecule has 0 heterocycles. The van der Waals surface area contributed by atoms with Crippen LogP contribution in [0.1, 0.15) is 412 Å². The van der Waals surface area contributed by atoms with Gasteiger partial charge in [0.1, 0.15) is 13.2 Å². The average molecular weight is 1130 g/mol. The lowest BCUT2D eigenvalue weighted by Gasteiger charge is -2.18. The van der Waals surface area contributed by atoms with Crippen LogP contribution in [0, 0.1) is 0 Å². The van der Waals surface area contributed by atoms with E-state index in [1.165, 1.54) is 308 Å². The second-order valence-corrected chi connectivity index (χ2v) is 24.9. The van der Waals surface area contributed by atoms with E-state index < -0.39 is 6.10 Å². The summed E-state index contributed by atoms with van der Waals surface area (Å²) in [5, 5.41) is 0. The first-order chi connectivity index (χ1) is 39.5. The van der Waals surface area contributed by atoms with Crippen molar-refractivity contribution in [2.75, 3.05) is 13.2 Å². The summed E-state index contributed by atoms with van der Waals surface area (Å²) >= 11 is 0. The number of carbonyl (C=O) groups excluding carboxylic acids is 3. The van der Waals surface area contributed by atoms with Gasteiger partial charge >= 0.3 is 17.9 Å². The highest BCUT2D eigenvalue weighted by molar-refractivity contribution is 5.71. The Morgan fingerprint density at radius 1 is 0.237 bits per heavy atom. The average Bonchev–Trinajstić information content (AvgIpc) is 3.46. The molecule has 0 bridgehead atoms. The first kappa shape index (κ1) is 77.9. The van der Waals surface area contributed by atoms with Gasteiger partial charge in [-0.3, -0.25) is 14.4 Å². The number of hydrogen-bond acceptors (Lipinski definition) is 6. The van der Waals surface area contributed by atoms with Crippen molar-refractivity contribution < 1.29 is 28.6 Å². The van der Waals surface area contributed by atoms with Gasteiger partial charge in [-0.1, -0.05) is 347 Å². The molecule has 0 radical (unpaired) electrons. The van der Waals surface area contributed by atoms with Gasteiger partial charge in [-0.2, -0.15) is 0 Å². The normalized spacial score (nSPS) is 12.1. The van der Waals surface area contributed by atoms with Crippen molar-refractivity contribution in [1.29, 1.82) is 0 Å². The Bertz CT molecular complexity index is 1290. The molecule has 0 rings (SSSR count). The van der Waals surface area contributed by atoms with E-state index in [0.717, 1.165) is 64.2 Å². The number of ether oxygens (including phenoxy) is 3. The Morgan fingerprint density at radius 2 is 0.412 bits per heavy atom. The number of unbranched alkanes of at least 4 members (excludes halogenated alkanes) is 53. The maximum atomic E-state index is 12.9. The predicted molar refractivity (Wildman–Crippen MR) is 349 cm³/mol. The summed E-state index contributed by atoms with van der Waals surface area (Å²) in [5.41, 5.74) is 0. The molecule has 0 amide bonds. The number of allylic oxidation sites excluding steroid dienone is 4. The molecule has 1 unspecified atom stereocenters. The molecule has 0 saturated heterocycles. The van der Waals surface area contributed by atoms with Crippen molar-refractivity contribution in [3.63, 3.8) is 0 Å². The van der Waals surface area contributed by atoms with E-state index in [-0.39, 0.29) is 31.1 Å². The van der Waals surface area contributed by atoms with Crippen LogP contribution in [0.2, 0.25) is 0 Å². The van der Waals surface area contributed by atoms with Gasteiger partial charge in [-0.15, -0.1) is 0 Å². The van der Waals surface area contributed by atoms with E-state index in [1.807, 2.05) is 0 Å². The Labute approximate surface area is 500 Å². The van der Waals surface area contributed by atoms with Crippen LogP contribution in [0.4, 0.5) is 0 Å². The summed E-state index contributed by atoms with van der Waals surface area (Å²) in [7, 11) is 0. The van der Waals surface area contributed by atoms with Crippen molar-refractivity contribution in [1.82, 2.24) is 0 Å². The minimum absolute atomic E-state index is 0.0704. The summed E-state index contributed by atoms with van der Waals surface area (Å²) in [5.74, 6) is -0.854. The van der Waals surface area contributed by atoms with Gasteiger partial charge in [-0.25, -0.2) is 0 Å². The molecule has 0 spiro atoms. The first-order valence-electron chi connectivity index (χ1n) is 36.3. The smallest absolute Gasteiger partial charge is 0.306 e. The zero-order valence-corrected chi connectivity index (χ0v) is 54.4. The van der Waals surface area contributed by atoms with Crippen molar-refractivity contribution in [2.45, 2.75) is 419 Å². The molecule has 0 aromatic rings. The molecule has 0 aliphatic heterocycles. The van der Waals surface area contributed by atoms with Crippen LogP contribution in [0.25, 0.3) is 0 Å². The summed E-state index contributed by atoms with van der Waals surface area (Å²) in [6, 6.07) is 0. The Morgan fingerprint density at radius 3 is 0.625 bits per heavy atom. The topological polar surface area (TPSA) is 78.9 Å². The summed E-state index contributed by atoms with van der Waals surface area (Å²) in [6.45, 7) is 6.69. The molecule has 0 N–H and O–H groups in total. The summed E-state index contributed by atoms with van der Waals surface area (Å²) in [6.07, 6.45) is 85.1. The number of hydrogen-bond donors (Lipinski definition) is 0. The van der Waals surface area contributed by atoms with Crippen LogP contribution in [-0.2, 0) is 28.6 Å². The second-order valence-electron chi connectivity index (χ2n) is 24.9. The van der Waals surface area contributed by atoms with Crippen LogP contribution < -0.4 is 0 Å². The molecule has 0 fully saturated rings. The van der Waals surface area contributed by atoms with Gasteiger partial charge in [0, 0.05) is 19.3 Å². The number of carbonyl (C=O) groups is 3. The van der Waals surface area contributed by atoms with Crippen molar-refractivity contribution in [3.8, 4) is 0 Å². The number of rotatable bonds is 68. The molecule has 472 valence electrons. The largest absolute Gasteiger partial charge is 0.462 e. The van der Waals surface area contributed by atoms with E-state index >= 15 is 0 Å². The van der Waals surface area contributed by atoms with Crippen molar-refractivity contribution in [2.24, 2.45) is 0 Å². The monoisotopic (exact) mass is 1130 g/mol. The fraction of sp³-hybridized carbons (Fsp3) is 0.905. The standard InChI is InChI=1S/C74H140O6/c1-4-7-10-13-16-19-22-25-28-30-31-32-33-34-35-36-37-38-39-40-41-42-43-45-46-49-52-55-58-61-64-67-73(76)79-70-71(69-78-72(75)66-63-60-57-54-51-48-27-24-21-18-15-12-9-6-3)80-74(77)68-65-62-59-56-53-50-47-44-29-26-23-20-17-14-11-8-5-2/h24,26-27,29,71H,4-23,25,28,30-70H2,1-3H3/b27-24-,29-26-. The molecule has 0 aromatic carbocycles. The Hall–Kier alpha value is -2.11. The highest BCUT2D eigenvalue weighted by Gasteiger charge is 2.19. The zero-order chi connectivity index (χ0) is 57.8. The minimum Gasteiger partial charge on any atom is -0.462 e. The van der Waals surface area contributed by atoms with Gasteiger partial charge in [0.05, 0.1) is 0 Å². The molecular weight excluding hydrogens is 985 g/mol. The van der Waals surface area contributed by atoms with Crippen molar-refractivity contribution in [3.05, 3.63) is 24.3 Å². The third kappa shape index (κ3) is 66.7. The molecule has 80 heavy (non-hydrogen) atoms. The van der Waals surface area contributed by atoms with E-state index in [1.54, 1.807) is 0 Å². The molecule has 0 aromatic heterocycles. The van der Waals surface area contributed by atoms with Gasteiger partial charge in [0.2, 0.25) is 0 Å². The fourth-order valence-corrected chi connectivity index (χ4v) is 11.2. The zero-order valence-electron chi connectivity index (χ0n) is 54.4. The lowest BCUT2D eigenvalue weighted by atomic mass is 10.0. The SMILES string of the molecule is CCCCCCC/C=C\CCCCCCCC(=O)OCC(COC(=O)CCCCCCCCCCCCCCCCCCCCCCCCCCCCCCCCC)OC(=O)CCCCCCCCC/C=C\CCCCCCCC. The Balaban J connectivity index is 4.14. The van der Waals surface area contributed by atoms with Crippen LogP contribution in [-0.4, -0.2) is 37.2 Å². The van der Waals surface area contributed by atoms with Crippen LogP contribution in [0.3, 0.4) is 0 Å². The van der Waals surface area contributed by atoms with E-state index in [4.69, 9.17) is 14.2 Å². The van der Waals surface area contributed by atoms with Crippen LogP contribution in [0.15, 0.2) is 24.3 Å². The molecular formula is C74H140O6. The highest BCUT2D eigenvalue weighted by atomic mass is 16.6. The summed E-state index contributed by atoms with van der Waals surface area (Å²) < 4.78 is 17.0. The molecule has 0 aliphatic carbocycles. The predicted octanol–water partition coefficient (Wildman–Crippen LogP) is 25.0. The van der Waals surface area contributed by atoms with Gasteiger partial charge in [0.25, 0.3) is 0 Å². The quantitative estimate of drug-likeness (QED) is 0.0261. The lowest BCUT2D eigenvalue weighted by molar-refractivity contribution is -0.167. The number of esters is 3. The molecule has 6 heteroatoms. The molecule has 0 saturated carbocycles. The maximum Gasteiger partial charge on any atom is 0.306 e. The lowest BCUT2D eigenvalue weighted by Crippen LogP contribution is -2.30. The Kier molecular flexibility index (Phi) is 67.6. The highest BCUT2D eigenvalue weighted by Crippen LogP contribution is 2.19. The van der Waals surface area contributed by atoms with Crippen LogP contribution >= 0.6 is 0 Å². The molecule has 1 atom stereocenters. The van der Waals surface area contributed by atoms with Gasteiger partial charge in [-0.05, 0) is 70.6 Å². The summed E-state index contributed by atoms with van der Waals surface area (Å²) in [4.78, 5) is 38.4. The minimum atomic E-state index is -0.775. The van der Waals surface area contributed by atoms with Gasteiger partial charge in [0.15, 0.2) is 6.10 Å². The fourth-order valence-electron chi connectivity index (χ4n) is 11.2. The second kappa shape index (κ2) is 69.4. The van der Waals surface area contributed by atoms with E-state index in [0.29, 0.717) is 19.3 Å². The molecule has 0 aliphatic rings. The third-order valence-corrected chi connectivity index (χ3v) is 16.7. The van der Waals surface area contributed by atoms with E-state index in [9.17, 15) is 14.4 Å². The third-order valence-electron chi connectivity index (χ3n) is 16.7. The first-order valence-corrected chi connectivity index (χ1v) is 36.3. The van der Waals surface area contributed by atoms with Crippen molar-refractivity contribution >= 4 is 17.9 Å². The van der Waals surface area contributed by atoms with Gasteiger partial charge < -0.3 is 14.2 Å². The van der Waals surface area contributed by atoms with Crippen LogP contribution in [0.5, 0.6) is 0 Å².